The number of fused-ring (bicyclic) bond motifs is 6. The Balaban J connectivity index is 1.18. The predicted molar refractivity (Wildman–Crippen MR) is 211 cm³/mol. The molecule has 50 heavy (non-hydrogen) atoms. The molecule has 0 amide bonds. The summed E-state index contributed by atoms with van der Waals surface area (Å²) in [5, 5.41) is 4.92. The topological polar surface area (TPSA) is 30.7 Å². The highest BCUT2D eigenvalue weighted by Gasteiger charge is 2.18. The minimum Gasteiger partial charge on any atom is -0.309 e. The summed E-state index contributed by atoms with van der Waals surface area (Å²) in [5.41, 5.74) is 10.8. The first-order valence-corrected chi connectivity index (χ1v) is 17.6. The Bertz CT molecular complexity index is 2850. The maximum absolute atomic E-state index is 5.33. The smallest absolute Gasteiger partial charge is 0.161 e. The van der Waals surface area contributed by atoms with E-state index in [-0.39, 0.29) is 0 Å². The molecule has 0 fully saturated rings. The molecular weight excluding hydrogens is 627 g/mol. The van der Waals surface area contributed by atoms with Gasteiger partial charge in [0.05, 0.1) is 22.4 Å². The maximum atomic E-state index is 5.33. The van der Waals surface area contributed by atoms with Crippen LogP contribution in [0.15, 0.2) is 176 Å². The lowest BCUT2D eigenvalue weighted by atomic mass is 10.0. The van der Waals surface area contributed by atoms with E-state index in [1.54, 1.807) is 0 Å². The Morgan fingerprint density at radius 2 is 1.00 bits per heavy atom. The van der Waals surface area contributed by atoms with Crippen LogP contribution in [0, 0.1) is 0 Å². The van der Waals surface area contributed by atoms with Crippen LogP contribution in [-0.4, -0.2) is 14.5 Å². The first kappa shape index (κ1) is 28.6. The number of para-hydroxylation sites is 2. The molecule has 0 aliphatic carbocycles. The van der Waals surface area contributed by atoms with E-state index in [9.17, 15) is 0 Å². The molecule has 3 aromatic heterocycles. The lowest BCUT2D eigenvalue weighted by molar-refractivity contribution is 1.18. The molecule has 0 aliphatic heterocycles. The Hall–Kier alpha value is -6.36. The van der Waals surface area contributed by atoms with Crippen molar-refractivity contribution < 1.29 is 0 Å². The molecule has 0 radical (unpaired) electrons. The van der Waals surface area contributed by atoms with Gasteiger partial charge in [-0.15, -0.1) is 11.3 Å². The van der Waals surface area contributed by atoms with E-state index >= 15 is 0 Å². The Labute approximate surface area is 293 Å². The second-order valence-electron chi connectivity index (χ2n) is 12.6. The fraction of sp³-hybridized carbons (Fsp3) is 0. The molecule has 0 unspecified atom stereocenters. The quantitative estimate of drug-likeness (QED) is 0.185. The van der Waals surface area contributed by atoms with E-state index in [2.05, 4.69) is 180 Å². The van der Waals surface area contributed by atoms with E-state index in [4.69, 9.17) is 9.97 Å². The third-order valence-electron chi connectivity index (χ3n) is 9.64. The van der Waals surface area contributed by atoms with Gasteiger partial charge in [-0.25, -0.2) is 9.97 Å². The van der Waals surface area contributed by atoms with Gasteiger partial charge in [0.1, 0.15) is 0 Å². The molecule has 10 rings (SSSR count). The van der Waals surface area contributed by atoms with Crippen molar-refractivity contribution in [2.75, 3.05) is 0 Å². The number of rotatable bonds is 5. The van der Waals surface area contributed by atoms with Gasteiger partial charge in [0.25, 0.3) is 0 Å². The van der Waals surface area contributed by atoms with Gasteiger partial charge in [-0.2, -0.15) is 0 Å². The summed E-state index contributed by atoms with van der Waals surface area (Å²) in [5.74, 6) is 0.730. The van der Waals surface area contributed by atoms with Crippen molar-refractivity contribution >= 4 is 53.3 Å². The van der Waals surface area contributed by atoms with Gasteiger partial charge in [-0.1, -0.05) is 127 Å². The van der Waals surface area contributed by atoms with Crippen LogP contribution in [0.4, 0.5) is 0 Å². The summed E-state index contributed by atoms with van der Waals surface area (Å²) < 4.78 is 4.82. The highest BCUT2D eigenvalue weighted by molar-refractivity contribution is 7.26. The zero-order valence-electron chi connectivity index (χ0n) is 27.0. The molecule has 3 heterocycles. The summed E-state index contributed by atoms with van der Waals surface area (Å²) in [4.78, 5) is 10.6. The minimum absolute atomic E-state index is 0.730. The van der Waals surface area contributed by atoms with Gasteiger partial charge in [0.15, 0.2) is 5.82 Å². The van der Waals surface area contributed by atoms with Crippen molar-refractivity contribution in [1.82, 2.24) is 14.5 Å². The fourth-order valence-electron chi connectivity index (χ4n) is 7.24. The first-order valence-electron chi connectivity index (χ1n) is 16.8. The lowest BCUT2D eigenvalue weighted by Crippen LogP contribution is -1.96. The van der Waals surface area contributed by atoms with Gasteiger partial charge < -0.3 is 4.57 Å². The van der Waals surface area contributed by atoms with Gasteiger partial charge in [0, 0.05) is 53.3 Å². The standard InChI is InChI=1S/C46H29N3S/c1-3-12-30(13-4-1)31-22-24-32(25-23-31)40-29-41(48-46(47-40)38-19-11-18-37-36-17-8-10-21-44(36)50-45(37)38)33-26-27-43-39(28-33)35-16-7-9-20-42(35)49(43)34-14-5-2-6-15-34/h1-29H. The maximum Gasteiger partial charge on any atom is 0.161 e. The molecule has 3 nitrogen and oxygen atoms in total. The van der Waals surface area contributed by atoms with Crippen molar-refractivity contribution in [3.05, 3.63) is 176 Å². The highest BCUT2D eigenvalue weighted by Crippen LogP contribution is 2.41. The van der Waals surface area contributed by atoms with Crippen molar-refractivity contribution in [1.29, 1.82) is 0 Å². The van der Waals surface area contributed by atoms with Gasteiger partial charge in [0.2, 0.25) is 0 Å². The minimum atomic E-state index is 0.730. The number of hydrogen-bond acceptors (Lipinski definition) is 3. The molecule has 0 spiro atoms. The Morgan fingerprint density at radius 1 is 0.400 bits per heavy atom. The number of thiophene rings is 1. The van der Waals surface area contributed by atoms with E-state index in [0.29, 0.717) is 0 Å². The van der Waals surface area contributed by atoms with E-state index in [0.717, 1.165) is 39.6 Å². The first-order chi connectivity index (χ1) is 24.8. The molecule has 4 heteroatoms. The average Bonchev–Trinajstić information content (AvgIpc) is 3.74. The molecule has 7 aromatic carbocycles. The summed E-state index contributed by atoms with van der Waals surface area (Å²) in [6, 6.07) is 62.5. The summed E-state index contributed by atoms with van der Waals surface area (Å²) in [6.45, 7) is 0. The Kier molecular flexibility index (Phi) is 6.68. The molecule has 0 saturated heterocycles. The van der Waals surface area contributed by atoms with E-state index < -0.39 is 0 Å². The molecule has 234 valence electrons. The normalized spacial score (nSPS) is 11.6. The lowest BCUT2D eigenvalue weighted by Gasteiger charge is -2.11. The van der Waals surface area contributed by atoms with Crippen LogP contribution in [-0.2, 0) is 0 Å². The monoisotopic (exact) mass is 655 g/mol. The van der Waals surface area contributed by atoms with Crippen LogP contribution in [0.5, 0.6) is 0 Å². The van der Waals surface area contributed by atoms with Crippen LogP contribution >= 0.6 is 11.3 Å². The predicted octanol–water partition coefficient (Wildman–Crippen LogP) is 12.6. The van der Waals surface area contributed by atoms with Crippen molar-refractivity contribution in [3.8, 4) is 50.7 Å². The fourth-order valence-corrected chi connectivity index (χ4v) is 8.45. The molecule has 0 aliphatic rings. The zero-order valence-corrected chi connectivity index (χ0v) is 27.8. The van der Waals surface area contributed by atoms with Gasteiger partial charge >= 0.3 is 0 Å². The van der Waals surface area contributed by atoms with Crippen LogP contribution in [0.25, 0.3) is 92.7 Å². The molecule has 10 aromatic rings. The highest BCUT2D eigenvalue weighted by atomic mass is 32.1. The molecule has 0 N–H and O–H groups in total. The molecular formula is C46H29N3S. The van der Waals surface area contributed by atoms with Crippen LogP contribution in [0.1, 0.15) is 0 Å². The summed E-state index contributed by atoms with van der Waals surface area (Å²) >= 11 is 1.81. The number of nitrogens with zero attached hydrogens (tertiary/aromatic N) is 3. The van der Waals surface area contributed by atoms with Crippen LogP contribution in [0.2, 0.25) is 0 Å². The second kappa shape index (κ2) is 11.7. The molecule has 0 saturated carbocycles. The zero-order chi connectivity index (χ0) is 33.0. The second-order valence-corrected chi connectivity index (χ2v) is 13.7. The Morgan fingerprint density at radius 3 is 1.82 bits per heavy atom. The third kappa shape index (κ3) is 4.73. The third-order valence-corrected chi connectivity index (χ3v) is 10.9. The largest absolute Gasteiger partial charge is 0.309 e. The van der Waals surface area contributed by atoms with Crippen molar-refractivity contribution in [2.24, 2.45) is 0 Å². The summed E-state index contributed by atoms with van der Waals surface area (Å²) in [6.07, 6.45) is 0. The number of hydrogen-bond donors (Lipinski definition) is 0. The van der Waals surface area contributed by atoms with Crippen LogP contribution < -0.4 is 0 Å². The average molecular weight is 656 g/mol. The van der Waals surface area contributed by atoms with Crippen molar-refractivity contribution in [3.63, 3.8) is 0 Å². The number of benzene rings is 7. The SMILES string of the molecule is c1ccc(-c2ccc(-c3cc(-c4ccc5c(c4)c4ccccc4n5-c4ccccc4)nc(-c4cccc5c4sc4ccccc45)n3)cc2)cc1. The van der Waals surface area contributed by atoms with Crippen molar-refractivity contribution in [2.45, 2.75) is 0 Å². The van der Waals surface area contributed by atoms with Gasteiger partial charge in [-0.3, -0.25) is 0 Å². The molecule has 0 bridgehead atoms. The van der Waals surface area contributed by atoms with E-state index in [1.165, 1.54) is 53.1 Å². The van der Waals surface area contributed by atoms with Gasteiger partial charge in [-0.05, 0) is 59.7 Å². The number of aromatic nitrogens is 3. The van der Waals surface area contributed by atoms with E-state index in [1.807, 2.05) is 11.3 Å². The summed E-state index contributed by atoms with van der Waals surface area (Å²) in [7, 11) is 0. The van der Waals surface area contributed by atoms with Crippen LogP contribution in [0.3, 0.4) is 0 Å². The molecule has 0 atom stereocenters.